The molecule has 0 aliphatic carbocycles. The van der Waals surface area contributed by atoms with E-state index in [2.05, 4.69) is 12.2 Å². The minimum Gasteiger partial charge on any atom is -0.452 e. The first-order valence-corrected chi connectivity index (χ1v) is 8.18. The number of hydrogen-bond acceptors (Lipinski definition) is 3. The van der Waals surface area contributed by atoms with Crippen LogP contribution >= 0.6 is 0 Å². The first-order chi connectivity index (χ1) is 11.5. The van der Waals surface area contributed by atoms with Crippen molar-refractivity contribution in [3.8, 4) is 0 Å². The van der Waals surface area contributed by atoms with Crippen LogP contribution in [0.1, 0.15) is 41.2 Å². The molecule has 0 atom stereocenters. The fourth-order valence-electron chi connectivity index (χ4n) is 2.77. The summed E-state index contributed by atoms with van der Waals surface area (Å²) in [5.41, 5.74) is 4.21. The Morgan fingerprint density at radius 2 is 1.92 bits per heavy atom. The Bertz CT molecular complexity index is 747. The summed E-state index contributed by atoms with van der Waals surface area (Å²) >= 11 is 0. The van der Waals surface area contributed by atoms with Crippen molar-refractivity contribution >= 4 is 17.6 Å². The van der Waals surface area contributed by atoms with Crippen LogP contribution in [0.2, 0.25) is 0 Å². The summed E-state index contributed by atoms with van der Waals surface area (Å²) in [6, 6.07) is 9.41. The van der Waals surface area contributed by atoms with Gasteiger partial charge in [-0.25, -0.2) is 4.79 Å². The number of carbonyl (C=O) groups is 2. The highest BCUT2D eigenvalue weighted by atomic mass is 16.5. The van der Waals surface area contributed by atoms with Crippen LogP contribution in [0, 0.1) is 13.8 Å². The van der Waals surface area contributed by atoms with Gasteiger partial charge in [-0.2, -0.15) is 0 Å². The molecule has 0 aliphatic heterocycles. The topological polar surface area (TPSA) is 60.3 Å². The van der Waals surface area contributed by atoms with E-state index in [0.29, 0.717) is 11.3 Å². The molecule has 0 fully saturated rings. The van der Waals surface area contributed by atoms with Gasteiger partial charge in [0.05, 0.1) is 5.56 Å². The molecule has 0 spiro atoms. The zero-order valence-electron chi connectivity index (χ0n) is 14.7. The van der Waals surface area contributed by atoms with Gasteiger partial charge in [-0.3, -0.25) is 4.79 Å². The Kier molecular flexibility index (Phi) is 5.79. The van der Waals surface area contributed by atoms with Crippen molar-refractivity contribution in [1.82, 2.24) is 4.57 Å². The van der Waals surface area contributed by atoms with Crippen molar-refractivity contribution < 1.29 is 14.3 Å². The number of hydrogen-bond donors (Lipinski definition) is 1. The highest BCUT2D eigenvalue weighted by Gasteiger charge is 2.17. The molecular formula is C19H24N2O3. The second-order valence-electron chi connectivity index (χ2n) is 5.71. The predicted molar refractivity (Wildman–Crippen MR) is 94.3 cm³/mol. The molecule has 0 aliphatic rings. The van der Waals surface area contributed by atoms with Crippen LogP contribution in [0.5, 0.6) is 0 Å². The second-order valence-corrected chi connectivity index (χ2v) is 5.71. The number of benzene rings is 1. The van der Waals surface area contributed by atoms with Crippen LogP contribution in [0.3, 0.4) is 0 Å². The summed E-state index contributed by atoms with van der Waals surface area (Å²) in [6.45, 7) is 8.39. The van der Waals surface area contributed by atoms with E-state index in [4.69, 9.17) is 4.74 Å². The number of nitrogens with one attached hydrogen (secondary N) is 1. The molecule has 5 heteroatoms. The van der Waals surface area contributed by atoms with E-state index in [1.165, 1.54) is 0 Å². The Morgan fingerprint density at radius 3 is 2.54 bits per heavy atom. The molecule has 128 valence electrons. The van der Waals surface area contributed by atoms with Gasteiger partial charge in [-0.1, -0.05) is 19.1 Å². The molecule has 1 aromatic carbocycles. The summed E-state index contributed by atoms with van der Waals surface area (Å²) in [6.07, 6.45) is 0.895. The SMILES string of the molecule is CCc1cccc(NC(=O)COC(=O)c2cc(C)n(CC)c2C)c1. The van der Waals surface area contributed by atoms with Crippen molar-refractivity contribution in [3.05, 3.63) is 52.8 Å². The van der Waals surface area contributed by atoms with Gasteiger partial charge in [0.1, 0.15) is 0 Å². The second kappa shape index (κ2) is 7.81. The van der Waals surface area contributed by atoms with Gasteiger partial charge >= 0.3 is 5.97 Å². The smallest absolute Gasteiger partial charge is 0.340 e. The molecule has 1 heterocycles. The first-order valence-electron chi connectivity index (χ1n) is 8.18. The molecule has 0 bridgehead atoms. The molecule has 1 aromatic heterocycles. The maximum absolute atomic E-state index is 12.2. The summed E-state index contributed by atoms with van der Waals surface area (Å²) < 4.78 is 7.18. The van der Waals surface area contributed by atoms with Crippen LogP contribution in [0.15, 0.2) is 30.3 Å². The van der Waals surface area contributed by atoms with Gasteiger partial charge in [-0.15, -0.1) is 0 Å². The van der Waals surface area contributed by atoms with Gasteiger partial charge in [0.15, 0.2) is 6.61 Å². The van der Waals surface area contributed by atoms with Gasteiger partial charge < -0.3 is 14.6 Å². The molecule has 2 rings (SSSR count). The third kappa shape index (κ3) is 4.04. The van der Waals surface area contributed by atoms with E-state index < -0.39 is 5.97 Å². The van der Waals surface area contributed by atoms with E-state index in [0.717, 1.165) is 29.9 Å². The summed E-state index contributed by atoms with van der Waals surface area (Å²) in [5.74, 6) is -0.818. The highest BCUT2D eigenvalue weighted by molar-refractivity contribution is 5.96. The lowest BCUT2D eigenvalue weighted by molar-refractivity contribution is -0.119. The van der Waals surface area contributed by atoms with Crippen LogP contribution in [-0.2, 0) is 22.5 Å². The lowest BCUT2D eigenvalue weighted by atomic mass is 10.1. The van der Waals surface area contributed by atoms with Crippen LogP contribution in [-0.4, -0.2) is 23.1 Å². The highest BCUT2D eigenvalue weighted by Crippen LogP contribution is 2.16. The molecular weight excluding hydrogens is 304 g/mol. The number of carbonyl (C=O) groups excluding carboxylic acids is 2. The van der Waals surface area contributed by atoms with Crippen LogP contribution in [0.4, 0.5) is 5.69 Å². The zero-order chi connectivity index (χ0) is 17.7. The number of esters is 1. The van der Waals surface area contributed by atoms with Crippen molar-refractivity contribution in [3.63, 3.8) is 0 Å². The van der Waals surface area contributed by atoms with Gasteiger partial charge in [-0.05, 0) is 51.0 Å². The molecule has 5 nitrogen and oxygen atoms in total. The molecule has 0 saturated carbocycles. The minimum absolute atomic E-state index is 0.301. The fourth-order valence-corrected chi connectivity index (χ4v) is 2.77. The number of ether oxygens (including phenoxy) is 1. The number of nitrogens with zero attached hydrogens (tertiary/aromatic N) is 1. The van der Waals surface area contributed by atoms with E-state index in [1.54, 1.807) is 6.07 Å². The van der Waals surface area contributed by atoms with Crippen molar-refractivity contribution in [2.75, 3.05) is 11.9 Å². The number of rotatable bonds is 6. The molecule has 1 N–H and O–H groups in total. The number of aryl methyl sites for hydroxylation is 2. The molecule has 2 aromatic rings. The average molecular weight is 328 g/mol. The molecule has 1 amide bonds. The number of aromatic nitrogens is 1. The fraction of sp³-hybridized carbons (Fsp3) is 0.368. The Morgan fingerprint density at radius 1 is 1.17 bits per heavy atom. The standard InChI is InChI=1S/C19H24N2O3/c1-5-15-8-7-9-16(11-15)20-18(22)12-24-19(23)17-10-13(3)21(6-2)14(17)4/h7-11H,5-6,12H2,1-4H3,(H,20,22). The summed E-state index contributed by atoms with van der Waals surface area (Å²) in [4.78, 5) is 24.2. The number of amides is 1. The first kappa shape index (κ1) is 17.8. The number of anilines is 1. The van der Waals surface area contributed by atoms with Crippen molar-refractivity contribution in [1.29, 1.82) is 0 Å². The normalized spacial score (nSPS) is 10.5. The largest absolute Gasteiger partial charge is 0.452 e. The summed E-state index contributed by atoms with van der Waals surface area (Å²) in [5, 5.41) is 2.74. The van der Waals surface area contributed by atoms with Gasteiger partial charge in [0.25, 0.3) is 5.91 Å². The van der Waals surface area contributed by atoms with Crippen LogP contribution < -0.4 is 5.32 Å². The maximum atomic E-state index is 12.2. The quantitative estimate of drug-likeness (QED) is 0.826. The van der Waals surface area contributed by atoms with E-state index >= 15 is 0 Å². The Hall–Kier alpha value is -2.56. The van der Waals surface area contributed by atoms with E-state index in [-0.39, 0.29) is 12.5 Å². The predicted octanol–water partition coefficient (Wildman–Crippen LogP) is 3.48. The lowest BCUT2D eigenvalue weighted by Crippen LogP contribution is -2.21. The zero-order valence-corrected chi connectivity index (χ0v) is 14.7. The van der Waals surface area contributed by atoms with Crippen molar-refractivity contribution in [2.24, 2.45) is 0 Å². The molecule has 0 unspecified atom stereocenters. The maximum Gasteiger partial charge on any atom is 0.340 e. The molecule has 0 radical (unpaired) electrons. The third-order valence-corrected chi connectivity index (χ3v) is 4.06. The van der Waals surface area contributed by atoms with Crippen LogP contribution in [0.25, 0.3) is 0 Å². The third-order valence-electron chi connectivity index (χ3n) is 4.06. The monoisotopic (exact) mass is 328 g/mol. The Labute approximate surface area is 142 Å². The minimum atomic E-state index is -0.472. The lowest BCUT2D eigenvalue weighted by Gasteiger charge is -2.08. The molecule has 0 saturated heterocycles. The van der Waals surface area contributed by atoms with E-state index in [1.807, 2.05) is 49.6 Å². The van der Waals surface area contributed by atoms with E-state index in [9.17, 15) is 9.59 Å². The average Bonchev–Trinajstić information content (AvgIpc) is 2.86. The van der Waals surface area contributed by atoms with Gasteiger partial charge in [0.2, 0.25) is 0 Å². The van der Waals surface area contributed by atoms with Crippen molar-refractivity contribution in [2.45, 2.75) is 40.7 Å². The molecule has 24 heavy (non-hydrogen) atoms. The Balaban J connectivity index is 1.95. The van der Waals surface area contributed by atoms with Gasteiger partial charge in [0, 0.05) is 23.6 Å². The summed E-state index contributed by atoms with van der Waals surface area (Å²) in [7, 11) is 0.